The number of hydrogen-bond acceptors (Lipinski definition) is 3. The van der Waals surface area contributed by atoms with Gasteiger partial charge in [0.25, 0.3) is 0 Å². The van der Waals surface area contributed by atoms with Gasteiger partial charge in [-0.3, -0.25) is 4.79 Å². The van der Waals surface area contributed by atoms with Crippen molar-refractivity contribution in [2.45, 2.75) is 6.42 Å². The molecule has 0 heterocycles. The van der Waals surface area contributed by atoms with Gasteiger partial charge in [-0.25, -0.2) is 0 Å². The van der Waals surface area contributed by atoms with Crippen LogP contribution >= 0.6 is 23.2 Å². The Kier molecular flexibility index (Phi) is 3.61. The average Bonchev–Trinajstić information content (AvgIpc) is 2.14. The Hall–Kier alpha value is -0.930. The highest BCUT2D eigenvalue weighted by Crippen LogP contribution is 2.27. The van der Waals surface area contributed by atoms with E-state index in [1.807, 2.05) is 0 Å². The van der Waals surface area contributed by atoms with Crippen LogP contribution in [0.2, 0.25) is 10.0 Å². The van der Waals surface area contributed by atoms with Gasteiger partial charge in [0.1, 0.15) is 0 Å². The van der Waals surface area contributed by atoms with Crippen molar-refractivity contribution in [1.29, 1.82) is 0 Å². The second kappa shape index (κ2) is 4.53. The Bertz CT molecular complexity index is 366. The van der Waals surface area contributed by atoms with Crippen LogP contribution in [0.25, 0.3) is 0 Å². The molecule has 14 heavy (non-hydrogen) atoms. The molecule has 0 atom stereocenters. The lowest BCUT2D eigenvalue weighted by Gasteiger charge is -2.05. The number of ether oxygens (including phenoxy) is 1. The van der Waals surface area contributed by atoms with Crippen molar-refractivity contribution < 1.29 is 9.53 Å². The molecule has 0 aliphatic heterocycles. The predicted molar refractivity (Wildman–Crippen MR) is 56.6 cm³/mol. The zero-order chi connectivity index (χ0) is 10.7. The summed E-state index contributed by atoms with van der Waals surface area (Å²) in [5.41, 5.74) is 6.52. The molecule has 76 valence electrons. The van der Waals surface area contributed by atoms with Crippen LogP contribution in [0.15, 0.2) is 12.1 Å². The maximum absolute atomic E-state index is 11.0. The number of carbonyl (C=O) groups is 1. The molecule has 0 saturated heterocycles. The van der Waals surface area contributed by atoms with Crippen molar-refractivity contribution in [2.75, 3.05) is 12.8 Å². The van der Waals surface area contributed by atoms with E-state index in [1.54, 1.807) is 6.07 Å². The lowest BCUT2D eigenvalue weighted by atomic mass is 10.1. The van der Waals surface area contributed by atoms with E-state index in [0.29, 0.717) is 21.3 Å². The molecule has 0 bridgehead atoms. The zero-order valence-electron chi connectivity index (χ0n) is 7.51. The maximum atomic E-state index is 11.0. The number of benzene rings is 1. The number of esters is 1. The average molecular weight is 234 g/mol. The van der Waals surface area contributed by atoms with Gasteiger partial charge in [-0.2, -0.15) is 0 Å². The Morgan fingerprint density at radius 3 is 2.64 bits per heavy atom. The molecule has 2 N–H and O–H groups in total. The number of carbonyl (C=O) groups excluding carboxylic acids is 1. The molecule has 0 unspecified atom stereocenters. The largest absolute Gasteiger partial charge is 0.469 e. The van der Waals surface area contributed by atoms with Crippen LogP contribution in [-0.2, 0) is 16.0 Å². The number of nitrogens with two attached hydrogens (primary N) is 1. The molecule has 1 rings (SSSR count). The van der Waals surface area contributed by atoms with E-state index in [2.05, 4.69) is 4.74 Å². The molecule has 0 aliphatic carbocycles. The summed E-state index contributed by atoms with van der Waals surface area (Å²) in [6, 6.07) is 3.08. The van der Waals surface area contributed by atoms with Crippen LogP contribution in [-0.4, -0.2) is 13.1 Å². The second-order valence-electron chi connectivity index (χ2n) is 2.72. The SMILES string of the molecule is COC(=O)Cc1cc(Cl)c(N)cc1Cl. The number of methoxy groups -OCH3 is 1. The summed E-state index contributed by atoms with van der Waals surface area (Å²) < 4.78 is 4.51. The quantitative estimate of drug-likeness (QED) is 0.630. The van der Waals surface area contributed by atoms with Crippen LogP contribution in [0.5, 0.6) is 0 Å². The Labute approximate surface area is 91.7 Å². The number of anilines is 1. The standard InChI is InChI=1S/C9H9Cl2NO2/c1-14-9(13)3-5-2-7(11)8(12)4-6(5)10/h2,4H,3,12H2,1H3. The van der Waals surface area contributed by atoms with Crippen molar-refractivity contribution in [3.8, 4) is 0 Å². The summed E-state index contributed by atoms with van der Waals surface area (Å²) in [5.74, 6) is -0.368. The van der Waals surface area contributed by atoms with E-state index in [9.17, 15) is 4.79 Å². The Morgan fingerprint density at radius 1 is 1.43 bits per heavy atom. The van der Waals surface area contributed by atoms with E-state index in [1.165, 1.54) is 13.2 Å². The molecule has 3 nitrogen and oxygen atoms in total. The first-order chi connectivity index (χ1) is 6.54. The second-order valence-corrected chi connectivity index (χ2v) is 3.53. The number of rotatable bonds is 2. The van der Waals surface area contributed by atoms with Gasteiger partial charge in [-0.15, -0.1) is 0 Å². The molecule has 0 aromatic heterocycles. The Balaban J connectivity index is 2.98. The van der Waals surface area contributed by atoms with Crippen LogP contribution in [0.3, 0.4) is 0 Å². The summed E-state index contributed by atoms with van der Waals surface area (Å²) in [5, 5.41) is 0.797. The van der Waals surface area contributed by atoms with Crippen molar-refractivity contribution in [1.82, 2.24) is 0 Å². The first kappa shape index (κ1) is 11.1. The van der Waals surface area contributed by atoms with E-state index < -0.39 is 0 Å². The van der Waals surface area contributed by atoms with Gasteiger partial charge < -0.3 is 10.5 Å². The summed E-state index contributed by atoms with van der Waals surface area (Å²) in [6.45, 7) is 0. The van der Waals surface area contributed by atoms with Crippen molar-refractivity contribution in [3.05, 3.63) is 27.7 Å². The minimum Gasteiger partial charge on any atom is -0.469 e. The van der Waals surface area contributed by atoms with E-state index >= 15 is 0 Å². The highest BCUT2D eigenvalue weighted by atomic mass is 35.5. The van der Waals surface area contributed by atoms with Gasteiger partial charge in [-0.05, 0) is 17.7 Å². The third-order valence-electron chi connectivity index (χ3n) is 1.73. The lowest BCUT2D eigenvalue weighted by Crippen LogP contribution is -2.05. The third-order valence-corrected chi connectivity index (χ3v) is 2.41. The minimum atomic E-state index is -0.368. The fraction of sp³-hybridized carbons (Fsp3) is 0.222. The summed E-state index contributed by atoms with van der Waals surface area (Å²) >= 11 is 11.6. The first-order valence-corrected chi connectivity index (χ1v) is 4.60. The monoisotopic (exact) mass is 233 g/mol. The summed E-state index contributed by atoms with van der Waals surface area (Å²) in [4.78, 5) is 11.0. The van der Waals surface area contributed by atoms with Gasteiger partial charge in [0, 0.05) is 5.02 Å². The molecule has 5 heteroatoms. The first-order valence-electron chi connectivity index (χ1n) is 3.84. The molecule has 0 aliphatic rings. The molecular weight excluding hydrogens is 225 g/mol. The van der Waals surface area contributed by atoms with Gasteiger partial charge in [0.2, 0.25) is 0 Å². The van der Waals surface area contributed by atoms with Crippen LogP contribution in [0, 0.1) is 0 Å². The fourth-order valence-electron chi connectivity index (χ4n) is 0.967. The highest BCUT2D eigenvalue weighted by molar-refractivity contribution is 6.35. The molecule has 0 spiro atoms. The minimum absolute atomic E-state index is 0.0926. The van der Waals surface area contributed by atoms with E-state index in [0.717, 1.165) is 0 Å². The maximum Gasteiger partial charge on any atom is 0.310 e. The topological polar surface area (TPSA) is 52.3 Å². The zero-order valence-corrected chi connectivity index (χ0v) is 9.02. The van der Waals surface area contributed by atoms with Crippen LogP contribution < -0.4 is 5.73 Å². The third kappa shape index (κ3) is 2.53. The van der Waals surface area contributed by atoms with Crippen molar-refractivity contribution in [2.24, 2.45) is 0 Å². The highest BCUT2D eigenvalue weighted by Gasteiger charge is 2.09. The number of hydrogen-bond donors (Lipinski definition) is 1. The molecule has 1 aromatic rings. The Morgan fingerprint density at radius 2 is 2.07 bits per heavy atom. The molecule has 0 amide bonds. The lowest BCUT2D eigenvalue weighted by molar-refractivity contribution is -0.139. The molecule has 1 aromatic carbocycles. The summed E-state index contributed by atoms with van der Waals surface area (Å²) in [7, 11) is 1.31. The smallest absolute Gasteiger partial charge is 0.310 e. The number of nitrogen functional groups attached to an aromatic ring is 1. The molecule has 0 fully saturated rings. The van der Waals surface area contributed by atoms with E-state index in [4.69, 9.17) is 28.9 Å². The number of halogens is 2. The van der Waals surface area contributed by atoms with Gasteiger partial charge in [0.15, 0.2) is 0 Å². The van der Waals surface area contributed by atoms with Gasteiger partial charge >= 0.3 is 5.97 Å². The predicted octanol–water partition coefficient (Wildman–Crippen LogP) is 2.29. The molecule has 0 radical (unpaired) electrons. The normalized spacial score (nSPS) is 9.93. The van der Waals surface area contributed by atoms with Crippen molar-refractivity contribution in [3.63, 3.8) is 0 Å². The van der Waals surface area contributed by atoms with Gasteiger partial charge in [0.05, 0.1) is 24.2 Å². The van der Waals surface area contributed by atoms with Crippen LogP contribution in [0.4, 0.5) is 5.69 Å². The van der Waals surface area contributed by atoms with E-state index in [-0.39, 0.29) is 12.4 Å². The molecule has 0 saturated carbocycles. The van der Waals surface area contributed by atoms with Crippen LogP contribution in [0.1, 0.15) is 5.56 Å². The fourth-order valence-corrected chi connectivity index (χ4v) is 1.39. The van der Waals surface area contributed by atoms with Crippen molar-refractivity contribution >= 4 is 34.9 Å². The van der Waals surface area contributed by atoms with Gasteiger partial charge in [-0.1, -0.05) is 23.2 Å². The molecular formula is C9H9Cl2NO2. The summed E-state index contributed by atoms with van der Waals surface area (Å²) in [6.07, 6.45) is 0.0926.